The van der Waals surface area contributed by atoms with Crippen molar-refractivity contribution in [3.63, 3.8) is 0 Å². The first-order chi connectivity index (χ1) is 5.29. The predicted molar refractivity (Wildman–Crippen MR) is 45.8 cm³/mol. The highest BCUT2D eigenvalue weighted by atomic mass is 35.5. The first-order valence-electron chi connectivity index (χ1n) is 3.37. The van der Waals surface area contributed by atoms with Crippen molar-refractivity contribution in [1.82, 2.24) is 9.97 Å². The lowest BCUT2D eigenvalue weighted by atomic mass is 10.2. The van der Waals surface area contributed by atoms with E-state index in [2.05, 4.69) is 9.97 Å². The summed E-state index contributed by atoms with van der Waals surface area (Å²) >= 11 is 5.85. The van der Waals surface area contributed by atoms with Crippen LogP contribution in [0.4, 0.5) is 0 Å². The molecule has 0 saturated heterocycles. The van der Waals surface area contributed by atoms with E-state index in [1.54, 1.807) is 12.4 Å². The summed E-state index contributed by atoms with van der Waals surface area (Å²) in [6.07, 6.45) is 3.52. The maximum absolute atomic E-state index is 5.85. The minimum atomic E-state index is 0.684. The molecule has 0 atom stereocenters. The van der Waals surface area contributed by atoms with Crippen LogP contribution in [0.25, 0.3) is 11.0 Å². The number of fused-ring (bicyclic) bond motifs is 1. The fourth-order valence-corrected chi connectivity index (χ4v) is 1.32. The minimum Gasteiger partial charge on any atom is -0.358 e. The van der Waals surface area contributed by atoms with E-state index >= 15 is 0 Å². The van der Waals surface area contributed by atoms with Crippen LogP contribution in [0.3, 0.4) is 0 Å². The smallest absolute Gasteiger partial charge is 0.107 e. The molecule has 0 fully saturated rings. The van der Waals surface area contributed by atoms with Gasteiger partial charge >= 0.3 is 0 Å². The fourth-order valence-electron chi connectivity index (χ4n) is 1.13. The molecular weight excluding hydrogens is 160 g/mol. The molecule has 3 heteroatoms. The summed E-state index contributed by atoms with van der Waals surface area (Å²) in [5.74, 6) is 0. The van der Waals surface area contributed by atoms with Crippen LogP contribution in [0.15, 0.2) is 18.5 Å². The quantitative estimate of drug-likeness (QED) is 0.640. The summed E-state index contributed by atoms with van der Waals surface area (Å²) in [5.41, 5.74) is 3.05. The molecule has 2 heterocycles. The fraction of sp³-hybridized carbons (Fsp3) is 0.125. The summed E-state index contributed by atoms with van der Waals surface area (Å²) in [4.78, 5) is 7.20. The maximum Gasteiger partial charge on any atom is 0.107 e. The lowest BCUT2D eigenvalue weighted by Gasteiger charge is -1.92. The van der Waals surface area contributed by atoms with Crippen LogP contribution in [0.1, 0.15) is 5.56 Å². The molecule has 0 aliphatic rings. The summed E-state index contributed by atoms with van der Waals surface area (Å²) in [6.45, 7) is 2.02. The van der Waals surface area contributed by atoms with Gasteiger partial charge in [-0.3, -0.25) is 4.98 Å². The standard InChI is InChI=1S/C8H7ClN2/c1-5-2-3-10-8-6(9)4-11-7(5)8/h2-4,11H,1H3. The average molecular weight is 167 g/mol. The van der Waals surface area contributed by atoms with Gasteiger partial charge in [-0.15, -0.1) is 0 Å². The number of rotatable bonds is 0. The molecule has 2 nitrogen and oxygen atoms in total. The number of H-pyrrole nitrogens is 1. The van der Waals surface area contributed by atoms with Crippen LogP contribution >= 0.6 is 11.6 Å². The zero-order valence-electron chi connectivity index (χ0n) is 6.06. The molecule has 2 aromatic heterocycles. The van der Waals surface area contributed by atoms with Crippen molar-refractivity contribution in [2.45, 2.75) is 6.92 Å². The van der Waals surface area contributed by atoms with Gasteiger partial charge in [0.2, 0.25) is 0 Å². The molecule has 2 rings (SSSR count). The Kier molecular flexibility index (Phi) is 1.36. The molecule has 0 unspecified atom stereocenters. The van der Waals surface area contributed by atoms with Gasteiger partial charge in [-0.2, -0.15) is 0 Å². The Balaban J connectivity index is 2.94. The van der Waals surface area contributed by atoms with E-state index in [4.69, 9.17) is 11.6 Å². The van der Waals surface area contributed by atoms with Crippen molar-refractivity contribution in [3.8, 4) is 0 Å². The Morgan fingerprint density at radius 1 is 1.55 bits per heavy atom. The van der Waals surface area contributed by atoms with Crippen molar-refractivity contribution in [3.05, 3.63) is 29.0 Å². The Hall–Kier alpha value is -1.02. The van der Waals surface area contributed by atoms with Crippen LogP contribution in [0.2, 0.25) is 5.02 Å². The van der Waals surface area contributed by atoms with E-state index in [0.29, 0.717) is 5.02 Å². The Labute approximate surface area is 69.2 Å². The second-order valence-corrected chi connectivity index (χ2v) is 2.90. The van der Waals surface area contributed by atoms with Gasteiger partial charge in [0.05, 0.1) is 10.5 Å². The minimum absolute atomic E-state index is 0.684. The van der Waals surface area contributed by atoms with Crippen molar-refractivity contribution < 1.29 is 0 Å². The molecule has 0 saturated carbocycles. The molecule has 0 bridgehead atoms. The van der Waals surface area contributed by atoms with Gasteiger partial charge in [-0.1, -0.05) is 11.6 Å². The number of aryl methyl sites for hydroxylation is 1. The first kappa shape index (κ1) is 6.68. The highest BCUT2D eigenvalue weighted by Crippen LogP contribution is 2.22. The third-order valence-electron chi connectivity index (χ3n) is 1.73. The Morgan fingerprint density at radius 2 is 2.36 bits per heavy atom. The topological polar surface area (TPSA) is 28.7 Å². The van der Waals surface area contributed by atoms with Gasteiger partial charge < -0.3 is 4.98 Å². The van der Waals surface area contributed by atoms with Crippen molar-refractivity contribution in [2.75, 3.05) is 0 Å². The van der Waals surface area contributed by atoms with Gasteiger partial charge in [0.1, 0.15) is 5.52 Å². The summed E-state index contributed by atoms with van der Waals surface area (Å²) in [7, 11) is 0. The number of pyridine rings is 1. The number of halogens is 1. The molecule has 2 aromatic rings. The average Bonchev–Trinajstić information content (AvgIpc) is 2.35. The van der Waals surface area contributed by atoms with Crippen LogP contribution in [0, 0.1) is 6.92 Å². The van der Waals surface area contributed by atoms with Crippen LogP contribution in [-0.4, -0.2) is 9.97 Å². The summed E-state index contributed by atoms with van der Waals surface area (Å²) < 4.78 is 0. The second kappa shape index (κ2) is 2.24. The van der Waals surface area contributed by atoms with Crippen molar-refractivity contribution in [2.24, 2.45) is 0 Å². The van der Waals surface area contributed by atoms with Crippen molar-refractivity contribution in [1.29, 1.82) is 0 Å². The molecule has 0 amide bonds. The lowest BCUT2D eigenvalue weighted by Crippen LogP contribution is -1.78. The molecule has 0 aromatic carbocycles. The zero-order chi connectivity index (χ0) is 7.84. The summed E-state index contributed by atoms with van der Waals surface area (Å²) in [5, 5.41) is 0.684. The molecular formula is C8H7ClN2. The van der Waals surface area contributed by atoms with E-state index in [9.17, 15) is 0 Å². The van der Waals surface area contributed by atoms with Gasteiger partial charge in [-0.25, -0.2) is 0 Å². The number of hydrogen-bond donors (Lipinski definition) is 1. The van der Waals surface area contributed by atoms with Crippen LogP contribution in [0.5, 0.6) is 0 Å². The first-order valence-corrected chi connectivity index (χ1v) is 3.75. The van der Waals surface area contributed by atoms with E-state index in [-0.39, 0.29) is 0 Å². The van der Waals surface area contributed by atoms with Gasteiger partial charge in [-0.05, 0) is 18.6 Å². The Morgan fingerprint density at radius 3 is 3.09 bits per heavy atom. The zero-order valence-corrected chi connectivity index (χ0v) is 6.81. The largest absolute Gasteiger partial charge is 0.358 e. The molecule has 56 valence electrons. The number of nitrogens with one attached hydrogen (secondary N) is 1. The van der Waals surface area contributed by atoms with E-state index in [0.717, 1.165) is 11.0 Å². The van der Waals surface area contributed by atoms with E-state index in [1.165, 1.54) is 5.56 Å². The normalized spacial score (nSPS) is 10.7. The number of hydrogen-bond acceptors (Lipinski definition) is 1. The highest BCUT2D eigenvalue weighted by molar-refractivity contribution is 6.35. The molecule has 1 N–H and O–H groups in total. The summed E-state index contributed by atoms with van der Waals surface area (Å²) in [6, 6.07) is 1.95. The highest BCUT2D eigenvalue weighted by Gasteiger charge is 2.02. The lowest BCUT2D eigenvalue weighted by molar-refractivity contribution is 1.35. The molecule has 11 heavy (non-hydrogen) atoms. The third-order valence-corrected chi connectivity index (χ3v) is 2.02. The molecule has 0 spiro atoms. The van der Waals surface area contributed by atoms with Crippen LogP contribution in [-0.2, 0) is 0 Å². The number of aromatic nitrogens is 2. The van der Waals surface area contributed by atoms with Gasteiger partial charge in [0, 0.05) is 12.4 Å². The third kappa shape index (κ3) is 0.906. The molecule has 0 aliphatic heterocycles. The van der Waals surface area contributed by atoms with Gasteiger partial charge in [0.25, 0.3) is 0 Å². The monoisotopic (exact) mass is 166 g/mol. The molecule has 0 radical (unpaired) electrons. The second-order valence-electron chi connectivity index (χ2n) is 2.49. The predicted octanol–water partition coefficient (Wildman–Crippen LogP) is 2.52. The van der Waals surface area contributed by atoms with E-state index < -0.39 is 0 Å². The molecule has 0 aliphatic carbocycles. The van der Waals surface area contributed by atoms with E-state index in [1.807, 2.05) is 13.0 Å². The van der Waals surface area contributed by atoms with Gasteiger partial charge in [0.15, 0.2) is 0 Å². The van der Waals surface area contributed by atoms with Crippen LogP contribution < -0.4 is 0 Å². The Bertz CT molecular complexity index is 392. The maximum atomic E-state index is 5.85. The number of nitrogens with zero attached hydrogens (tertiary/aromatic N) is 1. The number of aromatic amines is 1. The SMILES string of the molecule is Cc1ccnc2c(Cl)c[nH]c12. The van der Waals surface area contributed by atoms with Crippen molar-refractivity contribution >= 4 is 22.6 Å².